The highest BCUT2D eigenvalue weighted by Crippen LogP contribution is 2.24. The second-order valence-electron chi connectivity index (χ2n) is 2.79. The zero-order valence-corrected chi connectivity index (χ0v) is 8.74. The van der Waals surface area contributed by atoms with E-state index < -0.39 is 0 Å². The lowest BCUT2D eigenvalue weighted by Gasteiger charge is -2.16. The van der Waals surface area contributed by atoms with E-state index in [1.54, 1.807) is 0 Å². The summed E-state index contributed by atoms with van der Waals surface area (Å²) in [4.78, 5) is 4.29. The van der Waals surface area contributed by atoms with Gasteiger partial charge in [-0.15, -0.1) is 0 Å². The van der Waals surface area contributed by atoms with Crippen molar-refractivity contribution in [2.75, 3.05) is 6.54 Å². The Labute approximate surface area is 84.5 Å². The standard InChI is InChI=1S/C8H8BrClN2/c9-6-3-5-4-11-2-1-7(5)12-8(6)10/h3,11H,1-2,4H2. The molecule has 1 aliphatic heterocycles. The van der Waals surface area contributed by atoms with Gasteiger partial charge in [-0.25, -0.2) is 4.98 Å². The maximum atomic E-state index is 5.87. The van der Waals surface area contributed by atoms with Crippen molar-refractivity contribution in [3.8, 4) is 0 Å². The summed E-state index contributed by atoms with van der Waals surface area (Å²) in [5, 5.41) is 3.85. The van der Waals surface area contributed by atoms with Crippen molar-refractivity contribution in [2.24, 2.45) is 0 Å². The van der Waals surface area contributed by atoms with Crippen LogP contribution in [0.5, 0.6) is 0 Å². The van der Waals surface area contributed by atoms with Crippen molar-refractivity contribution in [2.45, 2.75) is 13.0 Å². The third-order valence-electron chi connectivity index (χ3n) is 1.96. The van der Waals surface area contributed by atoms with E-state index in [1.165, 1.54) is 5.56 Å². The summed E-state index contributed by atoms with van der Waals surface area (Å²) in [5.41, 5.74) is 2.37. The molecule has 0 aromatic carbocycles. The molecule has 0 radical (unpaired) electrons. The third-order valence-corrected chi connectivity index (χ3v) is 3.08. The Bertz CT molecular complexity index is 283. The number of halogens is 2. The Hall–Kier alpha value is -0.120. The maximum Gasteiger partial charge on any atom is 0.143 e. The third kappa shape index (κ3) is 1.49. The molecule has 0 aliphatic carbocycles. The highest BCUT2D eigenvalue weighted by molar-refractivity contribution is 9.10. The number of aromatic nitrogens is 1. The van der Waals surface area contributed by atoms with E-state index in [0.29, 0.717) is 5.15 Å². The van der Waals surface area contributed by atoms with Gasteiger partial charge < -0.3 is 5.32 Å². The van der Waals surface area contributed by atoms with Gasteiger partial charge in [0.1, 0.15) is 5.15 Å². The number of nitrogens with one attached hydrogen (secondary N) is 1. The summed E-state index contributed by atoms with van der Waals surface area (Å²) in [7, 11) is 0. The van der Waals surface area contributed by atoms with Crippen LogP contribution in [0.1, 0.15) is 11.3 Å². The lowest BCUT2D eigenvalue weighted by Crippen LogP contribution is -2.24. The molecule has 0 saturated heterocycles. The molecule has 64 valence electrons. The van der Waals surface area contributed by atoms with Gasteiger partial charge in [0.25, 0.3) is 0 Å². The SMILES string of the molecule is Clc1nc2c(cc1Br)CNCC2. The molecule has 0 amide bonds. The molecule has 1 aromatic rings. The minimum absolute atomic E-state index is 0.565. The first kappa shape index (κ1) is 8.48. The van der Waals surface area contributed by atoms with Crippen molar-refractivity contribution >= 4 is 27.5 Å². The molecule has 0 unspecified atom stereocenters. The van der Waals surface area contributed by atoms with Crippen molar-refractivity contribution in [3.05, 3.63) is 26.9 Å². The van der Waals surface area contributed by atoms with Gasteiger partial charge in [0.15, 0.2) is 0 Å². The Morgan fingerprint density at radius 2 is 2.42 bits per heavy atom. The predicted octanol–water partition coefficient (Wildman–Crippen LogP) is 2.14. The number of nitrogens with zero attached hydrogens (tertiary/aromatic N) is 1. The molecule has 0 atom stereocenters. The highest BCUT2D eigenvalue weighted by Gasteiger charge is 2.12. The molecule has 4 heteroatoms. The maximum absolute atomic E-state index is 5.87. The minimum Gasteiger partial charge on any atom is -0.312 e. The fourth-order valence-electron chi connectivity index (χ4n) is 1.34. The monoisotopic (exact) mass is 246 g/mol. The first-order chi connectivity index (χ1) is 5.77. The smallest absolute Gasteiger partial charge is 0.143 e. The average molecular weight is 248 g/mol. The average Bonchev–Trinajstić information content (AvgIpc) is 2.07. The molecule has 0 spiro atoms. The molecule has 2 heterocycles. The van der Waals surface area contributed by atoms with Gasteiger partial charge in [0.2, 0.25) is 0 Å². The molecule has 1 N–H and O–H groups in total. The van der Waals surface area contributed by atoms with E-state index >= 15 is 0 Å². The summed E-state index contributed by atoms with van der Waals surface area (Å²) < 4.78 is 0.881. The van der Waals surface area contributed by atoms with E-state index in [2.05, 4.69) is 26.2 Å². The van der Waals surface area contributed by atoms with Crippen LogP contribution in [0.25, 0.3) is 0 Å². The molecular formula is C8H8BrClN2. The van der Waals surface area contributed by atoms with E-state index in [1.807, 2.05) is 6.07 Å². The van der Waals surface area contributed by atoms with Crippen LogP contribution < -0.4 is 5.32 Å². The van der Waals surface area contributed by atoms with Gasteiger partial charge in [0, 0.05) is 25.2 Å². The Morgan fingerprint density at radius 1 is 1.58 bits per heavy atom. The van der Waals surface area contributed by atoms with E-state index in [9.17, 15) is 0 Å². The fraction of sp³-hybridized carbons (Fsp3) is 0.375. The summed E-state index contributed by atoms with van der Waals surface area (Å²) in [6, 6.07) is 2.04. The van der Waals surface area contributed by atoms with Crippen LogP contribution in [0, 0.1) is 0 Å². The second-order valence-corrected chi connectivity index (χ2v) is 4.01. The zero-order valence-electron chi connectivity index (χ0n) is 6.40. The number of pyridine rings is 1. The fourth-order valence-corrected chi connectivity index (χ4v) is 1.86. The Morgan fingerprint density at radius 3 is 3.25 bits per heavy atom. The van der Waals surface area contributed by atoms with Crippen molar-refractivity contribution in [1.29, 1.82) is 0 Å². The van der Waals surface area contributed by atoms with Crippen LogP contribution in [0.2, 0.25) is 5.15 Å². The summed E-state index contributed by atoms with van der Waals surface area (Å²) in [6.07, 6.45) is 0.975. The normalized spacial score (nSPS) is 15.8. The van der Waals surface area contributed by atoms with E-state index in [0.717, 1.165) is 29.7 Å². The first-order valence-corrected chi connectivity index (χ1v) is 4.99. The minimum atomic E-state index is 0.565. The van der Waals surface area contributed by atoms with Gasteiger partial charge in [-0.05, 0) is 27.6 Å². The van der Waals surface area contributed by atoms with Gasteiger partial charge >= 0.3 is 0 Å². The predicted molar refractivity (Wildman–Crippen MR) is 52.4 cm³/mol. The van der Waals surface area contributed by atoms with Crippen molar-refractivity contribution < 1.29 is 0 Å². The topological polar surface area (TPSA) is 24.9 Å². The number of hydrogen-bond donors (Lipinski definition) is 1. The van der Waals surface area contributed by atoms with Crippen LogP contribution >= 0.6 is 27.5 Å². The van der Waals surface area contributed by atoms with Crippen LogP contribution in [0.15, 0.2) is 10.5 Å². The van der Waals surface area contributed by atoms with Crippen LogP contribution in [0.4, 0.5) is 0 Å². The Balaban J connectivity index is 2.49. The number of fused-ring (bicyclic) bond motifs is 1. The molecular weight excluding hydrogens is 239 g/mol. The Kier molecular flexibility index (Phi) is 2.35. The second kappa shape index (κ2) is 3.32. The van der Waals surface area contributed by atoms with Gasteiger partial charge in [-0.3, -0.25) is 0 Å². The highest BCUT2D eigenvalue weighted by atomic mass is 79.9. The van der Waals surface area contributed by atoms with Crippen LogP contribution in [-0.4, -0.2) is 11.5 Å². The van der Waals surface area contributed by atoms with Gasteiger partial charge in [0.05, 0.1) is 4.47 Å². The molecule has 0 bridgehead atoms. The number of hydrogen-bond acceptors (Lipinski definition) is 2. The van der Waals surface area contributed by atoms with Crippen molar-refractivity contribution in [3.63, 3.8) is 0 Å². The zero-order chi connectivity index (χ0) is 8.55. The van der Waals surface area contributed by atoms with Gasteiger partial charge in [-0.1, -0.05) is 11.6 Å². The summed E-state index contributed by atoms with van der Waals surface area (Å²) in [6.45, 7) is 1.90. The number of rotatable bonds is 0. The summed E-state index contributed by atoms with van der Waals surface area (Å²) in [5.74, 6) is 0. The van der Waals surface area contributed by atoms with Crippen molar-refractivity contribution in [1.82, 2.24) is 10.3 Å². The molecule has 2 rings (SSSR count). The molecule has 1 aromatic heterocycles. The van der Waals surface area contributed by atoms with Crippen LogP contribution in [0.3, 0.4) is 0 Å². The molecule has 2 nitrogen and oxygen atoms in total. The molecule has 0 fully saturated rings. The summed E-state index contributed by atoms with van der Waals surface area (Å²) >= 11 is 9.22. The lowest BCUT2D eigenvalue weighted by molar-refractivity contribution is 0.630. The van der Waals surface area contributed by atoms with E-state index in [-0.39, 0.29) is 0 Å². The quantitative estimate of drug-likeness (QED) is 0.711. The van der Waals surface area contributed by atoms with Gasteiger partial charge in [-0.2, -0.15) is 0 Å². The lowest BCUT2D eigenvalue weighted by atomic mass is 10.1. The molecule has 12 heavy (non-hydrogen) atoms. The molecule has 1 aliphatic rings. The molecule has 0 saturated carbocycles. The van der Waals surface area contributed by atoms with E-state index in [4.69, 9.17) is 11.6 Å². The van der Waals surface area contributed by atoms with Crippen LogP contribution in [-0.2, 0) is 13.0 Å². The largest absolute Gasteiger partial charge is 0.312 e. The first-order valence-electron chi connectivity index (χ1n) is 3.82.